The van der Waals surface area contributed by atoms with Gasteiger partial charge in [0, 0.05) is 0 Å². The molecule has 0 saturated carbocycles. The van der Waals surface area contributed by atoms with Crippen LogP contribution in [-0.4, -0.2) is 97.3 Å². The number of pyridine rings is 1. The molecule has 6 nitrogen and oxygen atoms in total. The van der Waals surface area contributed by atoms with Crippen LogP contribution in [0.25, 0.3) is 10.6 Å². The third-order valence-electron chi connectivity index (χ3n) is 1.94. The summed E-state index contributed by atoms with van der Waals surface area (Å²) in [4.78, 5) is 27.2. The Morgan fingerprint density at radius 2 is 1.48 bits per heavy atom. The maximum atomic E-state index is 11.8. The first-order chi connectivity index (χ1) is 9.46. The summed E-state index contributed by atoms with van der Waals surface area (Å²) in [6.07, 6.45) is 0.599. The van der Waals surface area contributed by atoms with Gasteiger partial charge in [-0.15, -0.1) is 5.54 Å². The quantitative estimate of drug-likeness (QED) is 0.319. The number of hydrogen-bond donors (Lipinski definition) is 0. The van der Waals surface area contributed by atoms with Crippen LogP contribution >= 0.6 is 0 Å². The molecule has 1 rings (SSSR count). The van der Waals surface area contributed by atoms with Crippen molar-refractivity contribution in [1.29, 1.82) is 0 Å². The molecule has 2 amide bonds. The van der Waals surface area contributed by atoms with E-state index in [2.05, 4.69) is 21.7 Å². The Bertz CT molecular complexity index is 537. The maximum absolute atomic E-state index is 11.8. The molecule has 0 fully saturated rings. The van der Waals surface area contributed by atoms with Gasteiger partial charge in [-0.05, 0) is 38.6 Å². The predicted molar refractivity (Wildman–Crippen MR) is 97.0 cm³/mol. The molecule has 1 heterocycles. The second-order valence-corrected chi connectivity index (χ2v) is 6.50. The van der Waals surface area contributed by atoms with Gasteiger partial charge in [-0.25, -0.2) is 5.69 Å². The van der Waals surface area contributed by atoms with E-state index in [0.717, 1.165) is 0 Å². The molecule has 0 N–H and O–H groups in total. The number of rotatable bonds is 2. The number of hydrogen-bond acceptors (Lipinski definition) is 4. The second kappa shape index (κ2) is 17.9. The zero-order chi connectivity index (χ0) is 16.3. The summed E-state index contributed by atoms with van der Waals surface area (Å²) in [6, 6.07) is 4.08. The minimum atomic E-state index is -0.712. The third-order valence-corrected chi connectivity index (χ3v) is 1.94. The molecule has 12 heteroatoms. The van der Waals surface area contributed by atoms with Crippen molar-refractivity contribution < 1.29 is 51.5 Å². The molecule has 0 aliphatic carbocycles. The van der Waals surface area contributed by atoms with Crippen molar-refractivity contribution in [3.63, 3.8) is 0 Å². The topological polar surface area (TPSA) is 84.5 Å². The SMILES string of the molecule is CC(C)(C)[N-]C(=O)c1[c-]cc([N-]C(=O)OC(C)(C)C)cn1.[Cl-].[Cl-].[Cl-].[Mg+2].[Mg+2].[Mg+2]. The van der Waals surface area contributed by atoms with Gasteiger partial charge < -0.3 is 57.4 Å². The summed E-state index contributed by atoms with van der Waals surface area (Å²) in [7, 11) is 0. The van der Waals surface area contributed by atoms with E-state index in [4.69, 9.17) is 4.74 Å². The zero-order valence-corrected chi connectivity index (χ0v) is 23.0. The van der Waals surface area contributed by atoms with E-state index in [1.807, 2.05) is 20.8 Å². The summed E-state index contributed by atoms with van der Waals surface area (Å²) < 4.78 is 5.05. The van der Waals surface area contributed by atoms with E-state index in [1.54, 1.807) is 20.8 Å². The van der Waals surface area contributed by atoms with E-state index in [1.165, 1.54) is 12.3 Å². The number of aromatic nitrogens is 1. The molecule has 0 aliphatic rings. The van der Waals surface area contributed by atoms with Crippen LogP contribution in [0, 0.1) is 6.07 Å². The van der Waals surface area contributed by atoms with Crippen molar-refractivity contribution >= 4 is 86.8 Å². The predicted octanol–water partition coefficient (Wildman–Crippen LogP) is -6.00. The van der Waals surface area contributed by atoms with Gasteiger partial charge in [-0.3, -0.25) is 9.78 Å². The Kier molecular flexibility index (Phi) is 28.0. The second-order valence-electron chi connectivity index (χ2n) is 6.50. The Hall–Kier alpha value is 1.06. The van der Waals surface area contributed by atoms with Gasteiger partial charge in [-0.2, -0.15) is 12.1 Å². The van der Waals surface area contributed by atoms with E-state index < -0.39 is 23.1 Å². The molecule has 0 saturated heterocycles. The van der Waals surface area contributed by atoms with Crippen LogP contribution in [0.4, 0.5) is 10.5 Å². The van der Waals surface area contributed by atoms with Gasteiger partial charge in [0.2, 0.25) is 6.09 Å². The summed E-state index contributed by atoms with van der Waals surface area (Å²) in [5, 5.41) is 7.69. The minimum Gasteiger partial charge on any atom is -1.00 e. The van der Waals surface area contributed by atoms with E-state index >= 15 is 0 Å². The van der Waals surface area contributed by atoms with E-state index in [9.17, 15) is 9.59 Å². The van der Waals surface area contributed by atoms with Crippen LogP contribution in [0.1, 0.15) is 52.0 Å². The summed E-state index contributed by atoms with van der Waals surface area (Å²) >= 11 is 0. The summed E-state index contributed by atoms with van der Waals surface area (Å²) in [6.45, 7) is 10.7. The largest absolute Gasteiger partial charge is 2.00 e. The number of ether oxygens (including phenoxy) is 1. The molecular formula is C15H20Cl3Mg3N3O3. The first-order valence-corrected chi connectivity index (χ1v) is 6.56. The van der Waals surface area contributed by atoms with Crippen LogP contribution in [0.15, 0.2) is 12.3 Å². The molecule has 0 atom stereocenters. The molecule has 140 valence electrons. The molecule has 1 aromatic rings. The van der Waals surface area contributed by atoms with Gasteiger partial charge >= 0.3 is 69.2 Å². The third kappa shape index (κ3) is 20.1. The Balaban J connectivity index is -0.000000184. The molecule has 27 heavy (non-hydrogen) atoms. The average Bonchev–Trinajstić information content (AvgIpc) is 2.24. The molecule has 0 unspecified atom stereocenters. The Labute approximate surface area is 228 Å². The number of nitrogens with zero attached hydrogens (tertiary/aromatic N) is 3. The number of carbonyl (C=O) groups is 2. The monoisotopic (exact) mass is 467 g/mol. The molecule has 0 spiro atoms. The number of carbonyl (C=O) groups excluding carboxylic acids is 2. The molecule has 1 aromatic heterocycles. The minimum absolute atomic E-state index is 0. The van der Waals surface area contributed by atoms with Gasteiger partial charge in [0.15, 0.2) is 0 Å². The van der Waals surface area contributed by atoms with Crippen molar-refractivity contribution in [3.05, 3.63) is 34.7 Å². The first kappa shape index (κ1) is 42.2. The van der Waals surface area contributed by atoms with Crippen LogP contribution in [0.2, 0.25) is 0 Å². The fourth-order valence-electron chi connectivity index (χ4n) is 1.27. The first-order valence-electron chi connectivity index (χ1n) is 6.56. The number of halogens is 3. The van der Waals surface area contributed by atoms with Crippen molar-refractivity contribution in [1.82, 2.24) is 4.98 Å². The van der Waals surface area contributed by atoms with Gasteiger partial charge in [-0.1, -0.05) is 20.8 Å². The summed E-state index contributed by atoms with van der Waals surface area (Å²) in [5.74, 6) is -0.452. The van der Waals surface area contributed by atoms with Gasteiger partial charge in [0.1, 0.15) is 5.60 Å². The smallest absolute Gasteiger partial charge is 1.00 e. The van der Waals surface area contributed by atoms with Gasteiger partial charge in [0.25, 0.3) is 0 Å². The normalized spacial score (nSPS) is 9.11. The molecule has 0 aromatic carbocycles. The number of amides is 2. The molecule has 0 aliphatic heterocycles. The van der Waals surface area contributed by atoms with Crippen LogP contribution in [0.3, 0.4) is 0 Å². The molecule has 0 radical (unpaired) electrons. The van der Waals surface area contributed by atoms with E-state index in [-0.39, 0.29) is 118 Å². The molecular weight excluding hydrogens is 449 g/mol. The average molecular weight is 470 g/mol. The maximum Gasteiger partial charge on any atom is 2.00 e. The Morgan fingerprint density at radius 3 is 1.81 bits per heavy atom. The summed E-state index contributed by atoms with van der Waals surface area (Å²) in [5.41, 5.74) is -0.726. The zero-order valence-electron chi connectivity index (χ0n) is 16.5. The Morgan fingerprint density at radius 1 is 1.00 bits per heavy atom. The van der Waals surface area contributed by atoms with Crippen LogP contribution in [0.5, 0.6) is 0 Å². The van der Waals surface area contributed by atoms with Crippen LogP contribution in [-0.2, 0) is 4.74 Å². The van der Waals surface area contributed by atoms with Crippen molar-refractivity contribution in [2.45, 2.75) is 52.7 Å². The van der Waals surface area contributed by atoms with Gasteiger partial charge in [0.05, 0.1) is 0 Å². The van der Waals surface area contributed by atoms with Crippen LogP contribution < -0.4 is 37.2 Å². The van der Waals surface area contributed by atoms with Crippen molar-refractivity contribution in [2.75, 3.05) is 0 Å². The fourth-order valence-corrected chi connectivity index (χ4v) is 1.27. The van der Waals surface area contributed by atoms with E-state index in [0.29, 0.717) is 0 Å². The van der Waals surface area contributed by atoms with Crippen molar-refractivity contribution in [2.24, 2.45) is 0 Å². The standard InChI is InChI=1S/C15H22N3O3.3ClH.3Mg/c1-14(2,3)18-12(19)11-8-7-10(9-16-11)17-13(20)21-15(4,5)6;;;;;;/h7,9H,1-6H3,(H2,17,18,19,20);3*1H;;;/q-1;;;;3*+2/p-5. The molecule has 0 bridgehead atoms. The van der Waals surface area contributed by atoms with Crippen molar-refractivity contribution in [3.8, 4) is 0 Å². The fraction of sp³-hybridized carbons (Fsp3) is 0.533.